The van der Waals surface area contributed by atoms with Gasteiger partial charge in [-0.1, -0.05) is 11.6 Å². The Morgan fingerprint density at radius 2 is 2.00 bits per heavy atom. The first-order chi connectivity index (χ1) is 10.6. The van der Waals surface area contributed by atoms with Crippen LogP contribution in [0.25, 0.3) is 0 Å². The highest BCUT2D eigenvalue weighted by atomic mass is 16.3. The molecule has 2 N–H and O–H groups in total. The predicted octanol–water partition coefficient (Wildman–Crippen LogP) is 2.95. The van der Waals surface area contributed by atoms with Crippen molar-refractivity contribution in [2.24, 2.45) is 0 Å². The van der Waals surface area contributed by atoms with Crippen molar-refractivity contribution >= 4 is 17.4 Å². The Kier molecular flexibility index (Phi) is 3.96. The van der Waals surface area contributed by atoms with Gasteiger partial charge in [0.25, 0.3) is 5.91 Å². The number of aromatic hydroxyl groups is 1. The summed E-state index contributed by atoms with van der Waals surface area (Å²) in [5.41, 5.74) is 1.81. The van der Waals surface area contributed by atoms with Crippen molar-refractivity contribution in [3.8, 4) is 5.75 Å². The zero-order chi connectivity index (χ0) is 15.5. The summed E-state index contributed by atoms with van der Waals surface area (Å²) >= 11 is 0. The topological polar surface area (TPSA) is 65.5 Å². The predicted molar refractivity (Wildman–Crippen MR) is 86.5 cm³/mol. The molecule has 0 aliphatic carbocycles. The number of phenolic OH excluding ortho intramolecular Hbond substituents is 1. The Morgan fingerprint density at radius 1 is 1.23 bits per heavy atom. The lowest BCUT2D eigenvalue weighted by Gasteiger charge is -2.16. The van der Waals surface area contributed by atoms with Gasteiger partial charge in [0.1, 0.15) is 11.6 Å². The summed E-state index contributed by atoms with van der Waals surface area (Å²) in [6.07, 6.45) is 4.05. The molecular weight excluding hydrogens is 278 g/mol. The highest BCUT2D eigenvalue weighted by molar-refractivity contribution is 6.06. The third-order valence-corrected chi connectivity index (χ3v) is 3.83. The molecule has 2 aromatic rings. The molecule has 1 aliphatic rings. The van der Waals surface area contributed by atoms with Gasteiger partial charge in [-0.3, -0.25) is 4.79 Å². The minimum Gasteiger partial charge on any atom is -0.507 e. The molecule has 114 valence electrons. The average Bonchev–Trinajstić information content (AvgIpc) is 3.05. The number of hydrogen-bond donors (Lipinski definition) is 2. The van der Waals surface area contributed by atoms with Crippen LogP contribution in [0, 0.1) is 6.92 Å². The largest absolute Gasteiger partial charge is 0.507 e. The Morgan fingerprint density at radius 3 is 2.68 bits per heavy atom. The van der Waals surface area contributed by atoms with Gasteiger partial charge in [-0.15, -0.1) is 0 Å². The Labute approximate surface area is 129 Å². The highest BCUT2D eigenvalue weighted by Crippen LogP contribution is 2.22. The smallest absolute Gasteiger partial charge is 0.259 e. The Hall–Kier alpha value is -2.56. The van der Waals surface area contributed by atoms with E-state index in [9.17, 15) is 9.90 Å². The quantitative estimate of drug-likeness (QED) is 0.914. The van der Waals surface area contributed by atoms with Crippen molar-refractivity contribution in [2.45, 2.75) is 19.8 Å². The van der Waals surface area contributed by atoms with Crippen LogP contribution in [0.1, 0.15) is 28.8 Å². The number of pyridine rings is 1. The van der Waals surface area contributed by atoms with E-state index in [1.54, 1.807) is 18.3 Å². The number of hydrogen-bond acceptors (Lipinski definition) is 4. The van der Waals surface area contributed by atoms with Gasteiger partial charge in [0.05, 0.1) is 17.4 Å². The fraction of sp³-hybridized carbons (Fsp3) is 0.294. The van der Waals surface area contributed by atoms with Crippen LogP contribution in [-0.2, 0) is 0 Å². The molecular formula is C17H19N3O2. The fourth-order valence-electron chi connectivity index (χ4n) is 2.62. The number of aryl methyl sites for hydroxylation is 1. The third-order valence-electron chi connectivity index (χ3n) is 3.83. The molecule has 3 rings (SSSR count). The van der Waals surface area contributed by atoms with Gasteiger partial charge in [0.15, 0.2) is 0 Å². The molecule has 1 fully saturated rings. The van der Waals surface area contributed by atoms with E-state index >= 15 is 0 Å². The summed E-state index contributed by atoms with van der Waals surface area (Å²) in [5.74, 6) is 0.579. The van der Waals surface area contributed by atoms with Gasteiger partial charge in [0, 0.05) is 13.1 Å². The first-order valence-corrected chi connectivity index (χ1v) is 7.45. The summed E-state index contributed by atoms with van der Waals surface area (Å²) in [6.45, 7) is 3.95. The van der Waals surface area contributed by atoms with Crippen LogP contribution in [0.5, 0.6) is 5.75 Å². The van der Waals surface area contributed by atoms with Crippen molar-refractivity contribution < 1.29 is 9.90 Å². The van der Waals surface area contributed by atoms with E-state index in [2.05, 4.69) is 15.2 Å². The summed E-state index contributed by atoms with van der Waals surface area (Å²) in [4.78, 5) is 18.8. The second-order valence-electron chi connectivity index (χ2n) is 5.57. The molecule has 5 heteroatoms. The number of rotatable bonds is 3. The second-order valence-corrected chi connectivity index (χ2v) is 5.57. The van der Waals surface area contributed by atoms with Crippen LogP contribution in [0.15, 0.2) is 36.5 Å². The van der Waals surface area contributed by atoms with E-state index in [-0.39, 0.29) is 17.2 Å². The standard InChI is InChI=1S/C17H19N3O2/c1-12-4-6-15(21)14(10-12)17(22)19-13-5-7-16(18-11-13)20-8-2-3-9-20/h4-7,10-11,21H,2-3,8-9H2,1H3,(H,19,22). The van der Waals surface area contributed by atoms with Crippen LogP contribution in [-0.4, -0.2) is 29.1 Å². The fourth-order valence-corrected chi connectivity index (χ4v) is 2.62. The lowest BCUT2D eigenvalue weighted by atomic mass is 10.1. The van der Waals surface area contributed by atoms with Crippen LogP contribution in [0.4, 0.5) is 11.5 Å². The number of anilines is 2. The molecule has 1 aromatic carbocycles. The molecule has 5 nitrogen and oxygen atoms in total. The SMILES string of the molecule is Cc1ccc(O)c(C(=O)Nc2ccc(N3CCCC3)nc2)c1. The molecule has 1 amide bonds. The lowest BCUT2D eigenvalue weighted by Crippen LogP contribution is -2.19. The number of carbonyl (C=O) groups excluding carboxylic acids is 1. The van der Waals surface area contributed by atoms with Crippen LogP contribution >= 0.6 is 0 Å². The Bertz CT molecular complexity index is 677. The number of amides is 1. The first kappa shape index (κ1) is 14.4. The number of benzene rings is 1. The molecule has 0 spiro atoms. The van der Waals surface area contributed by atoms with Crippen LogP contribution in [0.3, 0.4) is 0 Å². The Balaban J connectivity index is 1.72. The van der Waals surface area contributed by atoms with Gasteiger partial charge >= 0.3 is 0 Å². The maximum atomic E-state index is 12.2. The molecule has 1 aliphatic heterocycles. The van der Waals surface area contributed by atoms with Crippen molar-refractivity contribution in [3.05, 3.63) is 47.7 Å². The number of nitrogens with zero attached hydrogens (tertiary/aromatic N) is 2. The van der Waals surface area contributed by atoms with E-state index in [1.807, 2.05) is 19.1 Å². The van der Waals surface area contributed by atoms with Gasteiger partial charge in [-0.05, 0) is 44.0 Å². The number of aromatic nitrogens is 1. The minimum atomic E-state index is -0.336. The number of nitrogens with one attached hydrogen (secondary N) is 1. The van der Waals surface area contributed by atoms with E-state index in [0.29, 0.717) is 5.69 Å². The molecule has 2 heterocycles. The molecule has 0 unspecified atom stereocenters. The van der Waals surface area contributed by atoms with Crippen LogP contribution < -0.4 is 10.2 Å². The summed E-state index contributed by atoms with van der Waals surface area (Å²) in [5, 5.41) is 12.6. The second kappa shape index (κ2) is 6.05. The summed E-state index contributed by atoms with van der Waals surface area (Å²) in [7, 11) is 0. The molecule has 22 heavy (non-hydrogen) atoms. The molecule has 1 aromatic heterocycles. The summed E-state index contributed by atoms with van der Waals surface area (Å²) in [6, 6.07) is 8.70. The zero-order valence-corrected chi connectivity index (χ0v) is 12.5. The van der Waals surface area contributed by atoms with E-state index in [1.165, 1.54) is 18.9 Å². The van der Waals surface area contributed by atoms with E-state index in [0.717, 1.165) is 24.5 Å². The normalized spacial score (nSPS) is 14.1. The van der Waals surface area contributed by atoms with Crippen molar-refractivity contribution in [1.29, 1.82) is 0 Å². The molecule has 1 saturated heterocycles. The molecule has 0 radical (unpaired) electrons. The third kappa shape index (κ3) is 3.03. The molecule has 0 atom stereocenters. The zero-order valence-electron chi connectivity index (χ0n) is 12.5. The van der Waals surface area contributed by atoms with Gasteiger partial charge in [-0.25, -0.2) is 4.98 Å². The molecule has 0 saturated carbocycles. The number of phenols is 1. The highest BCUT2D eigenvalue weighted by Gasteiger charge is 2.14. The van der Waals surface area contributed by atoms with Crippen molar-refractivity contribution in [2.75, 3.05) is 23.3 Å². The minimum absolute atomic E-state index is 0.0234. The van der Waals surface area contributed by atoms with Crippen LogP contribution in [0.2, 0.25) is 0 Å². The maximum Gasteiger partial charge on any atom is 0.259 e. The molecule has 0 bridgehead atoms. The van der Waals surface area contributed by atoms with E-state index in [4.69, 9.17) is 0 Å². The lowest BCUT2D eigenvalue weighted by molar-refractivity contribution is 0.102. The number of carbonyl (C=O) groups is 1. The van der Waals surface area contributed by atoms with E-state index < -0.39 is 0 Å². The van der Waals surface area contributed by atoms with Crippen molar-refractivity contribution in [3.63, 3.8) is 0 Å². The van der Waals surface area contributed by atoms with Crippen molar-refractivity contribution in [1.82, 2.24) is 4.98 Å². The summed E-state index contributed by atoms with van der Waals surface area (Å²) < 4.78 is 0. The monoisotopic (exact) mass is 297 g/mol. The maximum absolute atomic E-state index is 12.2. The van der Waals surface area contributed by atoms with Gasteiger partial charge < -0.3 is 15.3 Å². The average molecular weight is 297 g/mol. The van der Waals surface area contributed by atoms with Gasteiger partial charge in [-0.2, -0.15) is 0 Å². The van der Waals surface area contributed by atoms with Gasteiger partial charge in [0.2, 0.25) is 0 Å². The first-order valence-electron chi connectivity index (χ1n) is 7.45.